The third-order valence-electron chi connectivity index (χ3n) is 3.55. The summed E-state index contributed by atoms with van der Waals surface area (Å²) < 4.78 is 5.71. The summed E-state index contributed by atoms with van der Waals surface area (Å²) in [5, 5.41) is 3.26. The van der Waals surface area contributed by atoms with Crippen LogP contribution >= 0.6 is 11.3 Å². The van der Waals surface area contributed by atoms with Gasteiger partial charge in [-0.2, -0.15) is 0 Å². The number of nitrogens with two attached hydrogens (primary N) is 1. The molecule has 0 fully saturated rings. The van der Waals surface area contributed by atoms with E-state index in [-0.39, 0.29) is 5.91 Å². The summed E-state index contributed by atoms with van der Waals surface area (Å²) >= 11 is 1.34. The van der Waals surface area contributed by atoms with Crippen LogP contribution in [0.3, 0.4) is 0 Å². The zero-order valence-corrected chi connectivity index (χ0v) is 14.2. The SMILES string of the molecule is CC[C@H](Oc1ccccc1)C(=O)Nc1sc(C)c(C)c1C(N)=O. The number of ether oxygens (including phenoxy) is 1. The second-order valence-corrected chi connectivity index (χ2v) is 6.39. The number of benzene rings is 1. The number of hydrogen-bond donors (Lipinski definition) is 2. The first-order chi connectivity index (χ1) is 10.9. The van der Waals surface area contributed by atoms with Gasteiger partial charge in [0.05, 0.1) is 5.56 Å². The Balaban J connectivity index is 2.17. The average Bonchev–Trinajstić information content (AvgIpc) is 2.80. The minimum absolute atomic E-state index is 0.292. The molecular formula is C17H20N2O3S. The molecule has 0 bridgehead atoms. The van der Waals surface area contributed by atoms with Gasteiger partial charge in [-0.25, -0.2) is 0 Å². The maximum Gasteiger partial charge on any atom is 0.266 e. The number of anilines is 1. The lowest BCUT2D eigenvalue weighted by Gasteiger charge is -2.17. The first kappa shape index (κ1) is 17.0. The van der Waals surface area contributed by atoms with Crippen LogP contribution in [0.5, 0.6) is 5.75 Å². The fourth-order valence-corrected chi connectivity index (χ4v) is 3.26. The number of amides is 2. The van der Waals surface area contributed by atoms with Crippen molar-refractivity contribution in [1.82, 2.24) is 0 Å². The quantitative estimate of drug-likeness (QED) is 0.852. The van der Waals surface area contributed by atoms with Crippen LogP contribution < -0.4 is 15.8 Å². The Bertz CT molecular complexity index is 710. The Labute approximate surface area is 139 Å². The van der Waals surface area contributed by atoms with Gasteiger partial charge in [0, 0.05) is 4.88 Å². The van der Waals surface area contributed by atoms with Crippen LogP contribution in [-0.2, 0) is 4.79 Å². The van der Waals surface area contributed by atoms with Crippen molar-refractivity contribution in [3.8, 4) is 5.75 Å². The van der Waals surface area contributed by atoms with Gasteiger partial charge in [-0.05, 0) is 38.0 Å². The molecule has 0 spiro atoms. The highest BCUT2D eigenvalue weighted by molar-refractivity contribution is 7.16. The van der Waals surface area contributed by atoms with E-state index in [1.54, 1.807) is 12.1 Å². The molecule has 1 aromatic heterocycles. The number of carbonyl (C=O) groups is 2. The Hall–Kier alpha value is -2.34. The molecule has 1 heterocycles. The van der Waals surface area contributed by atoms with Gasteiger partial charge in [-0.1, -0.05) is 25.1 Å². The Morgan fingerprint density at radius 3 is 2.48 bits per heavy atom. The fourth-order valence-electron chi connectivity index (χ4n) is 2.19. The van der Waals surface area contributed by atoms with Gasteiger partial charge < -0.3 is 15.8 Å². The van der Waals surface area contributed by atoms with E-state index in [9.17, 15) is 9.59 Å². The van der Waals surface area contributed by atoms with Gasteiger partial charge in [0.25, 0.3) is 11.8 Å². The molecule has 1 aromatic carbocycles. The highest BCUT2D eigenvalue weighted by atomic mass is 32.1. The van der Waals surface area contributed by atoms with E-state index in [0.29, 0.717) is 22.7 Å². The molecule has 2 amide bonds. The molecule has 0 aliphatic rings. The molecule has 0 aliphatic carbocycles. The predicted octanol–water partition coefficient (Wildman–Crippen LogP) is 3.26. The predicted molar refractivity (Wildman–Crippen MR) is 92.1 cm³/mol. The molecule has 2 rings (SSSR count). The van der Waals surface area contributed by atoms with Crippen molar-refractivity contribution in [1.29, 1.82) is 0 Å². The van der Waals surface area contributed by atoms with Crippen molar-refractivity contribution < 1.29 is 14.3 Å². The highest BCUT2D eigenvalue weighted by Gasteiger charge is 2.23. The van der Waals surface area contributed by atoms with Crippen molar-refractivity contribution in [3.63, 3.8) is 0 Å². The molecule has 122 valence electrons. The fraction of sp³-hybridized carbons (Fsp3) is 0.294. The second-order valence-electron chi connectivity index (χ2n) is 5.17. The van der Waals surface area contributed by atoms with Gasteiger partial charge in [0.1, 0.15) is 10.8 Å². The molecule has 0 radical (unpaired) electrons. The molecule has 23 heavy (non-hydrogen) atoms. The number of primary amides is 1. The van der Waals surface area contributed by atoms with Crippen molar-refractivity contribution in [2.45, 2.75) is 33.3 Å². The van der Waals surface area contributed by atoms with Crippen LogP contribution in [0.15, 0.2) is 30.3 Å². The number of rotatable bonds is 6. The third-order valence-corrected chi connectivity index (χ3v) is 4.68. The normalized spacial score (nSPS) is 11.8. The van der Waals surface area contributed by atoms with Crippen LogP contribution in [0.4, 0.5) is 5.00 Å². The Kier molecular flexibility index (Phi) is 5.39. The summed E-state index contributed by atoms with van der Waals surface area (Å²) in [7, 11) is 0. The molecular weight excluding hydrogens is 312 g/mol. The number of carbonyl (C=O) groups excluding carboxylic acids is 2. The molecule has 1 atom stereocenters. The van der Waals surface area contributed by atoms with E-state index in [2.05, 4.69) is 5.32 Å². The first-order valence-corrected chi connectivity index (χ1v) is 8.18. The largest absolute Gasteiger partial charge is 0.481 e. The number of thiophene rings is 1. The van der Waals surface area contributed by atoms with E-state index < -0.39 is 12.0 Å². The zero-order chi connectivity index (χ0) is 17.0. The Morgan fingerprint density at radius 1 is 1.26 bits per heavy atom. The standard InChI is InChI=1S/C17H20N2O3S/c1-4-13(22-12-8-6-5-7-9-12)16(21)19-17-14(15(18)20)10(2)11(3)23-17/h5-9,13H,4H2,1-3H3,(H2,18,20)(H,19,21)/t13-/m0/s1. The summed E-state index contributed by atoms with van der Waals surface area (Å²) in [6.45, 7) is 5.58. The van der Waals surface area contributed by atoms with Crippen molar-refractivity contribution >= 4 is 28.2 Å². The van der Waals surface area contributed by atoms with Gasteiger partial charge in [-0.3, -0.25) is 9.59 Å². The molecule has 5 nitrogen and oxygen atoms in total. The molecule has 6 heteroatoms. The van der Waals surface area contributed by atoms with Crippen molar-refractivity contribution in [2.75, 3.05) is 5.32 Å². The van der Waals surface area contributed by atoms with E-state index in [1.165, 1.54) is 11.3 Å². The van der Waals surface area contributed by atoms with Crippen molar-refractivity contribution in [3.05, 3.63) is 46.3 Å². The molecule has 3 N–H and O–H groups in total. The average molecular weight is 332 g/mol. The minimum Gasteiger partial charge on any atom is -0.481 e. The molecule has 0 aliphatic heterocycles. The number of hydrogen-bond acceptors (Lipinski definition) is 4. The van der Waals surface area contributed by atoms with E-state index in [4.69, 9.17) is 10.5 Å². The summed E-state index contributed by atoms with van der Waals surface area (Å²) in [5.74, 6) is -0.206. The van der Waals surface area contributed by atoms with Crippen LogP contribution in [0.25, 0.3) is 0 Å². The van der Waals surface area contributed by atoms with Gasteiger partial charge >= 0.3 is 0 Å². The first-order valence-electron chi connectivity index (χ1n) is 7.36. The Morgan fingerprint density at radius 2 is 1.91 bits per heavy atom. The lowest BCUT2D eigenvalue weighted by atomic mass is 10.1. The van der Waals surface area contributed by atoms with Crippen LogP contribution in [0.2, 0.25) is 0 Å². The number of aryl methyl sites for hydroxylation is 1. The zero-order valence-electron chi connectivity index (χ0n) is 13.4. The molecule has 0 saturated carbocycles. The third kappa shape index (κ3) is 3.90. The summed E-state index contributed by atoms with van der Waals surface area (Å²) in [6.07, 6.45) is -0.128. The van der Waals surface area contributed by atoms with Crippen molar-refractivity contribution in [2.24, 2.45) is 5.73 Å². The number of nitrogens with one attached hydrogen (secondary N) is 1. The van der Waals surface area contributed by atoms with Crippen LogP contribution in [0, 0.1) is 13.8 Å². The van der Waals surface area contributed by atoms with E-state index in [1.807, 2.05) is 39.0 Å². The summed E-state index contributed by atoms with van der Waals surface area (Å²) in [4.78, 5) is 25.0. The second kappa shape index (κ2) is 7.28. The van der Waals surface area contributed by atoms with E-state index >= 15 is 0 Å². The van der Waals surface area contributed by atoms with Gasteiger partial charge in [-0.15, -0.1) is 11.3 Å². The molecule has 2 aromatic rings. The lowest BCUT2D eigenvalue weighted by molar-refractivity contribution is -0.122. The molecule has 0 saturated heterocycles. The number of para-hydroxylation sites is 1. The lowest BCUT2D eigenvalue weighted by Crippen LogP contribution is -2.32. The molecule has 0 unspecified atom stereocenters. The van der Waals surface area contributed by atoms with Crippen LogP contribution in [0.1, 0.15) is 34.1 Å². The maximum absolute atomic E-state index is 12.5. The van der Waals surface area contributed by atoms with Gasteiger partial charge in [0.15, 0.2) is 6.10 Å². The minimum atomic E-state index is -0.638. The van der Waals surface area contributed by atoms with Crippen LogP contribution in [-0.4, -0.2) is 17.9 Å². The monoisotopic (exact) mass is 332 g/mol. The highest BCUT2D eigenvalue weighted by Crippen LogP contribution is 2.32. The topological polar surface area (TPSA) is 81.4 Å². The van der Waals surface area contributed by atoms with Gasteiger partial charge in [0.2, 0.25) is 0 Å². The smallest absolute Gasteiger partial charge is 0.266 e. The van der Waals surface area contributed by atoms with E-state index in [0.717, 1.165) is 10.4 Å². The maximum atomic E-state index is 12.5. The summed E-state index contributed by atoms with van der Waals surface area (Å²) in [6, 6.07) is 9.16. The summed E-state index contributed by atoms with van der Waals surface area (Å²) in [5.41, 5.74) is 6.59.